The normalized spacial score (nSPS) is 10.4. The van der Waals surface area contributed by atoms with Gasteiger partial charge in [0.05, 0.1) is 0 Å². The van der Waals surface area contributed by atoms with E-state index in [9.17, 15) is 9.59 Å². The lowest BCUT2D eigenvalue weighted by molar-refractivity contribution is 0.101. The average Bonchev–Trinajstić information content (AvgIpc) is 2.72. The van der Waals surface area contributed by atoms with Gasteiger partial charge in [-0.1, -0.05) is 0 Å². The number of ketones is 1. The number of amides is 1. The van der Waals surface area contributed by atoms with Crippen molar-refractivity contribution < 1.29 is 9.59 Å². The van der Waals surface area contributed by atoms with Crippen molar-refractivity contribution in [2.45, 2.75) is 20.3 Å². The number of pyridine rings is 1. The molecule has 3 aromatic rings. The highest BCUT2D eigenvalue weighted by atomic mass is 16.2. The second kappa shape index (κ2) is 9.05. The van der Waals surface area contributed by atoms with E-state index in [1.807, 2.05) is 24.1 Å². The van der Waals surface area contributed by atoms with Crippen LogP contribution in [0.5, 0.6) is 0 Å². The van der Waals surface area contributed by atoms with Gasteiger partial charge >= 0.3 is 0 Å². The van der Waals surface area contributed by atoms with Crippen LogP contribution in [0.1, 0.15) is 39.2 Å². The molecule has 1 N–H and O–H groups in total. The van der Waals surface area contributed by atoms with Gasteiger partial charge in [0.1, 0.15) is 17.3 Å². The number of aromatic nitrogens is 3. The van der Waals surface area contributed by atoms with Crippen molar-refractivity contribution >= 4 is 23.2 Å². The fourth-order valence-corrected chi connectivity index (χ4v) is 2.81. The maximum Gasteiger partial charge on any atom is 0.274 e. The molecule has 2 aromatic heterocycles. The zero-order chi connectivity index (χ0) is 20.8. The molecule has 148 valence electrons. The van der Waals surface area contributed by atoms with E-state index in [4.69, 9.17) is 0 Å². The lowest BCUT2D eigenvalue weighted by Crippen LogP contribution is -2.23. The lowest BCUT2D eigenvalue weighted by Gasteiger charge is -2.19. The molecule has 0 radical (unpaired) electrons. The first-order valence-corrected chi connectivity index (χ1v) is 9.30. The summed E-state index contributed by atoms with van der Waals surface area (Å²) in [6.45, 7) is 4.01. The van der Waals surface area contributed by atoms with Gasteiger partial charge in [-0.05, 0) is 62.2 Å². The molecule has 7 nitrogen and oxygen atoms in total. The van der Waals surface area contributed by atoms with E-state index in [0.29, 0.717) is 28.6 Å². The maximum atomic E-state index is 12.6. The molecule has 0 fully saturated rings. The number of rotatable bonds is 7. The number of likely N-dealkylation sites (N-methyl/N-ethyl adjacent to an activating group) is 1. The molecule has 1 aromatic carbocycles. The third-order valence-corrected chi connectivity index (χ3v) is 4.48. The van der Waals surface area contributed by atoms with Crippen molar-refractivity contribution in [3.05, 3.63) is 77.5 Å². The largest absolute Gasteiger partial charge is 0.359 e. The topological polar surface area (TPSA) is 88.1 Å². The Kier molecular flexibility index (Phi) is 6.29. The first-order chi connectivity index (χ1) is 13.9. The Bertz CT molecular complexity index is 1000. The highest BCUT2D eigenvalue weighted by Crippen LogP contribution is 2.15. The van der Waals surface area contributed by atoms with Crippen molar-refractivity contribution in [3.8, 4) is 0 Å². The van der Waals surface area contributed by atoms with Crippen molar-refractivity contribution in [3.63, 3.8) is 0 Å². The van der Waals surface area contributed by atoms with Gasteiger partial charge < -0.3 is 10.2 Å². The van der Waals surface area contributed by atoms with Crippen LogP contribution in [0.15, 0.2) is 54.9 Å². The first-order valence-electron chi connectivity index (χ1n) is 9.30. The number of nitrogens with one attached hydrogen (secondary N) is 1. The summed E-state index contributed by atoms with van der Waals surface area (Å²) in [5.41, 5.74) is 2.67. The molecule has 2 heterocycles. The SMILES string of the molecule is CC(=O)c1ccc(NC(=O)c2cc(N(C)CCc3ccncc3)nc(C)n2)cc1. The van der Waals surface area contributed by atoms with Crippen LogP contribution in [0, 0.1) is 6.92 Å². The Labute approximate surface area is 169 Å². The molecular weight excluding hydrogens is 366 g/mol. The predicted octanol–water partition coefficient (Wildman–Crippen LogP) is 3.31. The van der Waals surface area contributed by atoms with E-state index in [0.717, 1.165) is 13.0 Å². The standard InChI is InChI=1S/C22H23N5O2/c1-15(28)18-4-6-19(7-5-18)26-22(29)20-14-21(25-16(2)24-20)27(3)13-10-17-8-11-23-12-9-17/h4-9,11-12,14H,10,13H2,1-3H3,(H,26,29). The Hall–Kier alpha value is -3.61. The summed E-state index contributed by atoms with van der Waals surface area (Å²) in [7, 11) is 1.94. The molecule has 0 bridgehead atoms. The maximum absolute atomic E-state index is 12.6. The molecule has 29 heavy (non-hydrogen) atoms. The predicted molar refractivity (Wildman–Crippen MR) is 112 cm³/mol. The van der Waals surface area contributed by atoms with E-state index in [2.05, 4.69) is 20.3 Å². The van der Waals surface area contributed by atoms with Crippen LogP contribution in [0.3, 0.4) is 0 Å². The summed E-state index contributed by atoms with van der Waals surface area (Å²) in [5.74, 6) is 0.863. The average molecular weight is 389 g/mol. The molecule has 0 saturated carbocycles. The summed E-state index contributed by atoms with van der Waals surface area (Å²) in [4.78, 5) is 38.8. The van der Waals surface area contributed by atoms with Crippen LogP contribution >= 0.6 is 0 Å². The first kappa shape index (κ1) is 20.1. The van der Waals surface area contributed by atoms with E-state index in [1.54, 1.807) is 49.6 Å². The number of nitrogens with zero attached hydrogens (tertiary/aromatic N) is 4. The molecule has 7 heteroatoms. The molecule has 1 amide bonds. The molecular formula is C22H23N5O2. The van der Waals surface area contributed by atoms with Crippen LogP contribution in [-0.2, 0) is 6.42 Å². The second-order valence-corrected chi connectivity index (χ2v) is 6.77. The number of Topliss-reactive ketones (excluding diaryl/α,β-unsaturated/α-hetero) is 1. The Balaban J connectivity index is 1.70. The van der Waals surface area contributed by atoms with Crippen LogP contribution < -0.4 is 10.2 Å². The molecule has 0 saturated heterocycles. The molecule has 0 atom stereocenters. The van der Waals surface area contributed by atoms with Gasteiger partial charge in [-0.15, -0.1) is 0 Å². The number of anilines is 2. The van der Waals surface area contributed by atoms with E-state index >= 15 is 0 Å². The molecule has 0 aliphatic carbocycles. The number of hydrogen-bond donors (Lipinski definition) is 1. The summed E-state index contributed by atoms with van der Waals surface area (Å²) in [5, 5.41) is 2.81. The number of hydrogen-bond acceptors (Lipinski definition) is 6. The van der Waals surface area contributed by atoms with Gasteiger partial charge in [-0.2, -0.15) is 0 Å². The fourth-order valence-electron chi connectivity index (χ4n) is 2.81. The quantitative estimate of drug-likeness (QED) is 0.624. The molecule has 0 unspecified atom stereocenters. The minimum absolute atomic E-state index is 0.0197. The number of carbonyl (C=O) groups excluding carboxylic acids is 2. The Morgan fingerprint density at radius 2 is 1.72 bits per heavy atom. The minimum atomic E-state index is -0.324. The second-order valence-electron chi connectivity index (χ2n) is 6.77. The zero-order valence-corrected chi connectivity index (χ0v) is 16.7. The minimum Gasteiger partial charge on any atom is -0.359 e. The molecule has 0 aliphatic heterocycles. The van der Waals surface area contributed by atoms with Gasteiger partial charge in [0.2, 0.25) is 0 Å². The Morgan fingerprint density at radius 1 is 1.03 bits per heavy atom. The van der Waals surface area contributed by atoms with Crippen molar-refractivity contribution in [1.29, 1.82) is 0 Å². The number of benzene rings is 1. The Morgan fingerprint density at radius 3 is 2.38 bits per heavy atom. The summed E-state index contributed by atoms with van der Waals surface area (Å²) < 4.78 is 0. The summed E-state index contributed by atoms with van der Waals surface area (Å²) in [6, 6.07) is 12.4. The highest BCUT2D eigenvalue weighted by molar-refractivity contribution is 6.03. The van der Waals surface area contributed by atoms with Crippen LogP contribution in [0.2, 0.25) is 0 Å². The molecule has 0 aliphatic rings. The third-order valence-electron chi connectivity index (χ3n) is 4.48. The summed E-state index contributed by atoms with van der Waals surface area (Å²) in [6.07, 6.45) is 4.39. The van der Waals surface area contributed by atoms with E-state index in [-0.39, 0.29) is 11.7 Å². The third kappa shape index (κ3) is 5.44. The van der Waals surface area contributed by atoms with Crippen LogP contribution in [-0.4, -0.2) is 40.2 Å². The summed E-state index contributed by atoms with van der Waals surface area (Å²) >= 11 is 0. The smallest absolute Gasteiger partial charge is 0.274 e. The monoisotopic (exact) mass is 389 g/mol. The molecule has 3 rings (SSSR count). The highest BCUT2D eigenvalue weighted by Gasteiger charge is 2.13. The van der Waals surface area contributed by atoms with E-state index in [1.165, 1.54) is 12.5 Å². The van der Waals surface area contributed by atoms with Crippen molar-refractivity contribution in [1.82, 2.24) is 15.0 Å². The van der Waals surface area contributed by atoms with Crippen LogP contribution in [0.25, 0.3) is 0 Å². The lowest BCUT2D eigenvalue weighted by atomic mass is 10.1. The number of aryl methyl sites for hydroxylation is 1. The number of carbonyl (C=O) groups is 2. The van der Waals surface area contributed by atoms with Gasteiger partial charge in [0.25, 0.3) is 5.91 Å². The fraction of sp³-hybridized carbons (Fsp3) is 0.227. The van der Waals surface area contributed by atoms with Gasteiger partial charge in [-0.3, -0.25) is 14.6 Å². The van der Waals surface area contributed by atoms with E-state index < -0.39 is 0 Å². The van der Waals surface area contributed by atoms with Gasteiger partial charge in [0, 0.05) is 43.3 Å². The zero-order valence-electron chi connectivity index (χ0n) is 16.7. The molecule has 0 spiro atoms. The van der Waals surface area contributed by atoms with Gasteiger partial charge in [-0.25, -0.2) is 9.97 Å². The van der Waals surface area contributed by atoms with Gasteiger partial charge in [0.15, 0.2) is 5.78 Å². The van der Waals surface area contributed by atoms with Crippen LogP contribution in [0.4, 0.5) is 11.5 Å². The van der Waals surface area contributed by atoms with Crippen molar-refractivity contribution in [2.75, 3.05) is 23.8 Å². The van der Waals surface area contributed by atoms with Crippen molar-refractivity contribution in [2.24, 2.45) is 0 Å².